The number of rotatable bonds is 3. The fraction of sp³-hybridized carbons (Fsp3) is 0.941. The monoisotopic (exact) mass is 258 g/mol. The normalized spacial score (nSPS) is 48.6. The first-order chi connectivity index (χ1) is 9.31. The van der Waals surface area contributed by atoms with Gasteiger partial charge in [-0.05, 0) is 80.6 Å². The summed E-state index contributed by atoms with van der Waals surface area (Å²) in [5.74, 6) is 6.00. The van der Waals surface area contributed by atoms with E-state index in [4.69, 9.17) is 5.26 Å². The summed E-state index contributed by atoms with van der Waals surface area (Å²) in [6.07, 6.45) is 9.80. The number of hydrogen-bond donors (Lipinski definition) is 0. The van der Waals surface area contributed by atoms with E-state index in [1.807, 2.05) is 0 Å². The number of likely N-dealkylation sites (tertiary alicyclic amines) is 1. The Bertz CT molecular complexity index is 355. The van der Waals surface area contributed by atoms with E-state index in [-0.39, 0.29) is 0 Å². The van der Waals surface area contributed by atoms with Crippen molar-refractivity contribution >= 4 is 0 Å². The first-order valence-electron chi connectivity index (χ1n) is 8.41. The van der Waals surface area contributed by atoms with Crippen LogP contribution in [0.4, 0.5) is 0 Å². The van der Waals surface area contributed by atoms with Gasteiger partial charge in [-0.25, -0.2) is 0 Å². The first-order valence-corrected chi connectivity index (χ1v) is 8.41. The molecule has 5 fully saturated rings. The lowest BCUT2D eigenvalue weighted by molar-refractivity contribution is -0.0471. The van der Waals surface area contributed by atoms with E-state index in [0.717, 1.165) is 36.0 Å². The lowest BCUT2D eigenvalue weighted by atomic mass is 9.52. The Kier molecular flexibility index (Phi) is 3.07. The molecule has 5 rings (SSSR count). The van der Waals surface area contributed by atoms with Crippen molar-refractivity contribution in [2.24, 2.45) is 35.5 Å². The zero-order valence-electron chi connectivity index (χ0n) is 11.9. The third-order valence-corrected chi connectivity index (χ3v) is 6.64. The van der Waals surface area contributed by atoms with Crippen molar-refractivity contribution in [3.63, 3.8) is 0 Å². The maximum absolute atomic E-state index is 8.83. The molecule has 4 saturated carbocycles. The fourth-order valence-electron chi connectivity index (χ4n) is 6.01. The van der Waals surface area contributed by atoms with Crippen LogP contribution in [0.5, 0.6) is 0 Å². The van der Waals surface area contributed by atoms with Crippen molar-refractivity contribution < 1.29 is 0 Å². The Labute approximate surface area is 117 Å². The van der Waals surface area contributed by atoms with Gasteiger partial charge in [0.2, 0.25) is 0 Å². The van der Waals surface area contributed by atoms with Gasteiger partial charge in [0, 0.05) is 19.5 Å². The molecule has 2 nitrogen and oxygen atoms in total. The molecule has 19 heavy (non-hydrogen) atoms. The molecular formula is C17H26N2. The predicted molar refractivity (Wildman–Crippen MR) is 75.3 cm³/mol. The van der Waals surface area contributed by atoms with Crippen molar-refractivity contribution in [1.82, 2.24) is 4.90 Å². The number of hydrogen-bond acceptors (Lipinski definition) is 2. The van der Waals surface area contributed by atoms with Crippen LogP contribution in [0.15, 0.2) is 0 Å². The molecule has 0 aromatic carbocycles. The molecule has 2 heteroatoms. The van der Waals surface area contributed by atoms with Crippen LogP contribution in [0.25, 0.3) is 0 Å². The summed E-state index contributed by atoms with van der Waals surface area (Å²) in [7, 11) is 0. The first kappa shape index (κ1) is 12.2. The van der Waals surface area contributed by atoms with Crippen LogP contribution in [-0.4, -0.2) is 24.5 Å². The lowest BCUT2D eigenvalue weighted by Crippen LogP contribution is -2.48. The van der Waals surface area contributed by atoms with Crippen LogP contribution < -0.4 is 0 Å². The summed E-state index contributed by atoms with van der Waals surface area (Å²) in [6, 6.07) is 2.36. The van der Waals surface area contributed by atoms with Gasteiger partial charge >= 0.3 is 0 Å². The van der Waals surface area contributed by atoms with Crippen LogP contribution in [0.1, 0.15) is 44.9 Å². The molecule has 0 aromatic heterocycles. The van der Waals surface area contributed by atoms with Crippen LogP contribution >= 0.6 is 0 Å². The summed E-state index contributed by atoms with van der Waals surface area (Å²) in [6.45, 7) is 3.82. The van der Waals surface area contributed by atoms with E-state index >= 15 is 0 Å². The Morgan fingerprint density at radius 2 is 1.68 bits per heavy atom. The molecule has 0 radical (unpaired) electrons. The molecule has 4 aliphatic carbocycles. The Morgan fingerprint density at radius 3 is 2.32 bits per heavy atom. The van der Waals surface area contributed by atoms with Gasteiger partial charge in [0.25, 0.3) is 0 Å². The predicted octanol–water partition coefficient (Wildman–Crippen LogP) is 3.29. The Morgan fingerprint density at radius 1 is 1.00 bits per heavy atom. The van der Waals surface area contributed by atoms with Crippen molar-refractivity contribution in [3.8, 4) is 6.07 Å². The van der Waals surface area contributed by atoms with E-state index in [1.165, 1.54) is 26.1 Å². The third-order valence-electron chi connectivity index (χ3n) is 6.64. The molecule has 1 aliphatic heterocycles. The van der Waals surface area contributed by atoms with Gasteiger partial charge in [-0.2, -0.15) is 5.26 Å². The second kappa shape index (κ2) is 4.77. The van der Waals surface area contributed by atoms with Crippen molar-refractivity contribution in [1.29, 1.82) is 5.26 Å². The van der Waals surface area contributed by atoms with Crippen LogP contribution in [0.2, 0.25) is 0 Å². The van der Waals surface area contributed by atoms with Gasteiger partial charge in [-0.15, -0.1) is 0 Å². The van der Waals surface area contributed by atoms with Crippen molar-refractivity contribution in [2.45, 2.75) is 44.9 Å². The average Bonchev–Trinajstić information content (AvgIpc) is 2.81. The highest BCUT2D eigenvalue weighted by molar-refractivity contribution is 4.99. The molecule has 1 atom stereocenters. The zero-order chi connectivity index (χ0) is 12.8. The van der Waals surface area contributed by atoms with Crippen molar-refractivity contribution in [2.75, 3.05) is 19.6 Å². The summed E-state index contributed by atoms with van der Waals surface area (Å²) in [5.41, 5.74) is 0. The average molecular weight is 258 g/mol. The number of nitrogens with zero attached hydrogens (tertiary/aromatic N) is 2. The smallest absolute Gasteiger partial charge is 0.0625 e. The van der Waals surface area contributed by atoms with Crippen LogP contribution in [0.3, 0.4) is 0 Å². The molecule has 0 spiro atoms. The van der Waals surface area contributed by atoms with E-state index in [2.05, 4.69) is 11.0 Å². The molecule has 0 aromatic rings. The van der Waals surface area contributed by atoms with Gasteiger partial charge in [0.15, 0.2) is 0 Å². The van der Waals surface area contributed by atoms with E-state index in [9.17, 15) is 0 Å². The summed E-state index contributed by atoms with van der Waals surface area (Å²) in [4.78, 5) is 2.69. The largest absolute Gasteiger partial charge is 0.303 e. The second-order valence-electron chi connectivity index (χ2n) is 7.87. The van der Waals surface area contributed by atoms with E-state index in [0.29, 0.717) is 5.92 Å². The van der Waals surface area contributed by atoms with Crippen LogP contribution in [-0.2, 0) is 0 Å². The van der Waals surface area contributed by atoms with Gasteiger partial charge in [-0.1, -0.05) is 0 Å². The quantitative estimate of drug-likeness (QED) is 0.776. The van der Waals surface area contributed by atoms with Gasteiger partial charge in [0.1, 0.15) is 0 Å². The van der Waals surface area contributed by atoms with Crippen LogP contribution in [0, 0.1) is 46.8 Å². The molecule has 1 heterocycles. The highest BCUT2D eigenvalue weighted by Gasteiger charge is 2.48. The van der Waals surface area contributed by atoms with E-state index in [1.54, 1.807) is 32.1 Å². The maximum Gasteiger partial charge on any atom is 0.0625 e. The minimum atomic E-state index is 0.668. The van der Waals surface area contributed by atoms with Gasteiger partial charge in [-0.3, -0.25) is 0 Å². The molecule has 0 amide bonds. The summed E-state index contributed by atoms with van der Waals surface area (Å²) in [5, 5.41) is 8.83. The molecule has 0 N–H and O–H groups in total. The maximum atomic E-state index is 8.83. The molecular weight excluding hydrogens is 232 g/mol. The summed E-state index contributed by atoms with van der Waals surface area (Å²) < 4.78 is 0. The highest BCUT2D eigenvalue weighted by Crippen LogP contribution is 2.56. The van der Waals surface area contributed by atoms with E-state index < -0.39 is 0 Å². The molecule has 5 aliphatic rings. The molecule has 4 bridgehead atoms. The fourth-order valence-corrected chi connectivity index (χ4v) is 6.01. The Hall–Kier alpha value is -0.550. The molecule has 104 valence electrons. The molecule has 1 saturated heterocycles. The summed E-state index contributed by atoms with van der Waals surface area (Å²) >= 11 is 0. The standard InChI is InChI=1S/C17H26N2/c18-3-1-12-2-4-19(10-12)11-17-15-6-13-5-14(8-15)9-16(17)7-13/h12-17H,1-2,4-11H2. The minimum Gasteiger partial charge on any atom is -0.303 e. The topological polar surface area (TPSA) is 27.0 Å². The Balaban J connectivity index is 1.37. The lowest BCUT2D eigenvalue weighted by Gasteiger charge is -2.55. The van der Waals surface area contributed by atoms with Gasteiger partial charge < -0.3 is 4.90 Å². The minimum absolute atomic E-state index is 0.668. The SMILES string of the molecule is N#CCC1CCN(CC2C3CC4CC(C3)CC2C4)C1. The molecule has 1 unspecified atom stereocenters. The highest BCUT2D eigenvalue weighted by atomic mass is 15.1. The second-order valence-corrected chi connectivity index (χ2v) is 7.87. The third kappa shape index (κ3) is 2.21. The zero-order valence-corrected chi connectivity index (χ0v) is 11.9. The van der Waals surface area contributed by atoms with Gasteiger partial charge in [0.05, 0.1) is 6.07 Å². The van der Waals surface area contributed by atoms with Crippen molar-refractivity contribution in [3.05, 3.63) is 0 Å². The number of nitriles is 1.